The number of carbonyl (C=O) groups is 2. The number of unbranched alkanes of at least 4 members (excludes halogenated alkanes) is 1. The number of esters is 1. The predicted molar refractivity (Wildman–Crippen MR) is 79.4 cm³/mol. The van der Waals surface area contributed by atoms with Gasteiger partial charge in [-0.05, 0) is 31.6 Å². The first-order chi connectivity index (χ1) is 9.18. The van der Waals surface area contributed by atoms with E-state index in [4.69, 9.17) is 4.74 Å². The fourth-order valence-electron chi connectivity index (χ4n) is 2.46. The van der Waals surface area contributed by atoms with E-state index < -0.39 is 17.4 Å². The lowest BCUT2D eigenvalue weighted by molar-refractivity contribution is -0.177. The Hall–Kier alpha value is -1.06. The molecule has 0 aromatic carbocycles. The summed E-state index contributed by atoms with van der Waals surface area (Å²) < 4.78 is 5.42. The lowest BCUT2D eigenvalue weighted by atomic mass is 9.71. The third-order valence-electron chi connectivity index (χ3n) is 3.73. The molecule has 0 fully saturated rings. The quantitative estimate of drug-likeness (QED) is 0.516. The minimum absolute atomic E-state index is 0.118. The van der Waals surface area contributed by atoms with Crippen molar-refractivity contribution in [2.24, 2.45) is 17.3 Å². The van der Waals surface area contributed by atoms with Crippen LogP contribution in [0, 0.1) is 17.3 Å². The number of hydrogen-bond donors (Lipinski definition) is 1. The number of carboxylic acid groups (broad SMARTS) is 1. The molecule has 0 amide bonds. The molecule has 0 aliphatic carbocycles. The molecule has 0 radical (unpaired) electrons. The van der Waals surface area contributed by atoms with E-state index in [0.717, 1.165) is 19.3 Å². The summed E-state index contributed by atoms with van der Waals surface area (Å²) in [7, 11) is 0. The maximum atomic E-state index is 12.5. The minimum Gasteiger partial charge on any atom is -0.480 e. The van der Waals surface area contributed by atoms with Crippen molar-refractivity contribution in [2.75, 3.05) is 0 Å². The average Bonchev–Trinajstić information content (AvgIpc) is 2.31. The number of ether oxygens (including phenoxy) is 1. The molecule has 0 spiro atoms. The van der Waals surface area contributed by atoms with Gasteiger partial charge in [0.1, 0.15) is 0 Å². The zero-order valence-electron chi connectivity index (χ0n) is 13.7. The fourth-order valence-corrected chi connectivity index (χ4v) is 2.46. The number of carboxylic acids is 1. The second kappa shape index (κ2) is 8.28. The molecule has 0 aliphatic heterocycles. The van der Waals surface area contributed by atoms with E-state index in [9.17, 15) is 14.7 Å². The van der Waals surface area contributed by atoms with Crippen LogP contribution in [0.15, 0.2) is 0 Å². The largest absolute Gasteiger partial charge is 0.480 e. The number of carbonyl (C=O) groups excluding carboxylic acids is 1. The maximum absolute atomic E-state index is 12.5. The van der Waals surface area contributed by atoms with Crippen LogP contribution in [0.5, 0.6) is 0 Å². The molecule has 1 N–H and O–H groups in total. The number of rotatable bonds is 9. The molecule has 118 valence electrons. The van der Waals surface area contributed by atoms with Gasteiger partial charge in [-0.15, -0.1) is 0 Å². The van der Waals surface area contributed by atoms with Crippen LogP contribution in [0.4, 0.5) is 0 Å². The van der Waals surface area contributed by atoms with Crippen LogP contribution in [0.2, 0.25) is 0 Å². The smallest absolute Gasteiger partial charge is 0.324 e. The van der Waals surface area contributed by atoms with Crippen LogP contribution in [0.25, 0.3) is 0 Å². The van der Waals surface area contributed by atoms with Crippen LogP contribution in [-0.4, -0.2) is 23.1 Å². The summed E-state index contributed by atoms with van der Waals surface area (Å²) in [5.41, 5.74) is -1.44. The van der Waals surface area contributed by atoms with Crippen molar-refractivity contribution < 1.29 is 19.4 Å². The van der Waals surface area contributed by atoms with Crippen molar-refractivity contribution in [3.05, 3.63) is 0 Å². The Labute approximate surface area is 122 Å². The summed E-state index contributed by atoms with van der Waals surface area (Å²) in [6.45, 7) is 11.3. The van der Waals surface area contributed by atoms with Crippen LogP contribution in [0.3, 0.4) is 0 Å². The van der Waals surface area contributed by atoms with Crippen LogP contribution < -0.4 is 0 Å². The molecule has 0 aliphatic rings. The molecule has 2 unspecified atom stereocenters. The SMILES string of the molecule is CCCCC(C)OC(=O)C(CC(C)C)(C(=O)O)C(C)C. The molecule has 2 atom stereocenters. The first kappa shape index (κ1) is 18.9. The van der Waals surface area contributed by atoms with Gasteiger partial charge in [-0.2, -0.15) is 0 Å². The van der Waals surface area contributed by atoms with E-state index in [2.05, 4.69) is 6.92 Å². The van der Waals surface area contributed by atoms with E-state index >= 15 is 0 Å². The van der Waals surface area contributed by atoms with Gasteiger partial charge in [0.05, 0.1) is 6.10 Å². The molecule has 4 heteroatoms. The molecule has 0 rings (SSSR count). The molecular formula is C16H30O4. The summed E-state index contributed by atoms with van der Waals surface area (Å²) in [6, 6.07) is 0. The Balaban J connectivity index is 5.11. The van der Waals surface area contributed by atoms with Crippen molar-refractivity contribution in [1.82, 2.24) is 0 Å². The van der Waals surface area contributed by atoms with E-state index in [1.165, 1.54) is 0 Å². The van der Waals surface area contributed by atoms with Crippen molar-refractivity contribution in [2.45, 2.75) is 73.3 Å². The molecule has 20 heavy (non-hydrogen) atoms. The van der Waals surface area contributed by atoms with Crippen molar-refractivity contribution in [1.29, 1.82) is 0 Å². The Morgan fingerprint density at radius 1 is 1.15 bits per heavy atom. The monoisotopic (exact) mass is 286 g/mol. The van der Waals surface area contributed by atoms with E-state index in [-0.39, 0.29) is 17.9 Å². The summed E-state index contributed by atoms with van der Waals surface area (Å²) in [5, 5.41) is 9.60. The highest BCUT2D eigenvalue weighted by molar-refractivity contribution is 5.99. The van der Waals surface area contributed by atoms with Gasteiger partial charge in [-0.1, -0.05) is 47.5 Å². The molecule has 0 heterocycles. The van der Waals surface area contributed by atoms with Crippen molar-refractivity contribution >= 4 is 11.9 Å². The molecule has 0 aromatic rings. The highest BCUT2D eigenvalue weighted by atomic mass is 16.5. The highest BCUT2D eigenvalue weighted by Crippen LogP contribution is 2.37. The normalized spacial score (nSPS) is 16.0. The van der Waals surface area contributed by atoms with E-state index in [1.807, 2.05) is 20.8 Å². The van der Waals surface area contributed by atoms with Crippen molar-refractivity contribution in [3.63, 3.8) is 0 Å². The summed E-state index contributed by atoms with van der Waals surface area (Å²) in [5.74, 6) is -1.84. The molecule has 4 nitrogen and oxygen atoms in total. The maximum Gasteiger partial charge on any atom is 0.324 e. The Morgan fingerprint density at radius 2 is 1.70 bits per heavy atom. The Morgan fingerprint density at radius 3 is 2.05 bits per heavy atom. The van der Waals surface area contributed by atoms with Crippen LogP contribution >= 0.6 is 0 Å². The van der Waals surface area contributed by atoms with Crippen LogP contribution in [0.1, 0.15) is 67.2 Å². The molecular weight excluding hydrogens is 256 g/mol. The van der Waals surface area contributed by atoms with Gasteiger partial charge in [0, 0.05) is 0 Å². The van der Waals surface area contributed by atoms with Crippen LogP contribution in [-0.2, 0) is 14.3 Å². The van der Waals surface area contributed by atoms with Gasteiger partial charge in [0.2, 0.25) is 0 Å². The molecule has 0 saturated carbocycles. The summed E-state index contributed by atoms with van der Waals surface area (Å²) in [4.78, 5) is 24.2. The fraction of sp³-hybridized carbons (Fsp3) is 0.875. The first-order valence-electron chi connectivity index (χ1n) is 7.62. The van der Waals surface area contributed by atoms with Gasteiger partial charge in [0.15, 0.2) is 5.41 Å². The van der Waals surface area contributed by atoms with Gasteiger partial charge < -0.3 is 9.84 Å². The van der Waals surface area contributed by atoms with Crippen molar-refractivity contribution in [3.8, 4) is 0 Å². The van der Waals surface area contributed by atoms with Gasteiger partial charge in [0.25, 0.3) is 0 Å². The molecule has 0 bridgehead atoms. The average molecular weight is 286 g/mol. The minimum atomic E-state index is -1.44. The summed E-state index contributed by atoms with van der Waals surface area (Å²) >= 11 is 0. The predicted octanol–water partition coefficient (Wildman–Crippen LogP) is 3.88. The van der Waals surface area contributed by atoms with E-state index in [0.29, 0.717) is 6.42 Å². The molecule has 0 aromatic heterocycles. The lowest BCUT2D eigenvalue weighted by Crippen LogP contribution is -2.47. The standard InChI is InChI=1S/C16H30O4/c1-7-8-9-13(6)20-15(19)16(12(4)5,14(17)18)10-11(2)3/h11-13H,7-10H2,1-6H3,(H,17,18). The third-order valence-corrected chi connectivity index (χ3v) is 3.73. The molecule has 0 saturated heterocycles. The van der Waals surface area contributed by atoms with E-state index in [1.54, 1.807) is 13.8 Å². The third kappa shape index (κ3) is 4.80. The number of aliphatic carboxylic acids is 1. The Kier molecular flexibility index (Phi) is 7.84. The van der Waals surface area contributed by atoms with Gasteiger partial charge in [-0.3, -0.25) is 9.59 Å². The highest BCUT2D eigenvalue weighted by Gasteiger charge is 2.51. The zero-order chi connectivity index (χ0) is 15.9. The Bertz CT molecular complexity index is 322. The topological polar surface area (TPSA) is 63.6 Å². The number of hydrogen-bond acceptors (Lipinski definition) is 3. The van der Waals surface area contributed by atoms with Gasteiger partial charge >= 0.3 is 11.9 Å². The second-order valence-corrected chi connectivity index (χ2v) is 6.39. The second-order valence-electron chi connectivity index (χ2n) is 6.39. The van der Waals surface area contributed by atoms with Gasteiger partial charge in [-0.25, -0.2) is 0 Å². The zero-order valence-corrected chi connectivity index (χ0v) is 13.7. The lowest BCUT2D eigenvalue weighted by Gasteiger charge is -2.33. The first-order valence-corrected chi connectivity index (χ1v) is 7.62. The summed E-state index contributed by atoms with van der Waals surface area (Å²) in [6.07, 6.45) is 2.85.